The molecule has 0 fully saturated rings. The number of nitrogens with zero attached hydrogens (tertiary/aromatic N) is 2. The largest absolute Gasteiger partial charge is 0.388 e. The van der Waals surface area contributed by atoms with Gasteiger partial charge in [-0.2, -0.15) is 4.98 Å². The SMILES string of the molecule is Cc1noc(NCC(C)(O)CC(C)C)n1. The van der Waals surface area contributed by atoms with Gasteiger partial charge in [0.1, 0.15) is 0 Å². The molecule has 0 aliphatic heterocycles. The summed E-state index contributed by atoms with van der Waals surface area (Å²) in [6.45, 7) is 8.10. The van der Waals surface area contributed by atoms with Gasteiger partial charge in [0.15, 0.2) is 5.82 Å². The highest BCUT2D eigenvalue weighted by atomic mass is 16.5. The van der Waals surface area contributed by atoms with Gasteiger partial charge in [-0.05, 0) is 26.2 Å². The first-order valence-electron chi connectivity index (χ1n) is 5.15. The number of aliphatic hydroxyl groups is 1. The van der Waals surface area contributed by atoms with Crippen molar-refractivity contribution >= 4 is 6.01 Å². The lowest BCUT2D eigenvalue weighted by Gasteiger charge is -2.24. The predicted octanol–water partition coefficient (Wildman–Crippen LogP) is 1.59. The Morgan fingerprint density at radius 2 is 2.20 bits per heavy atom. The van der Waals surface area contributed by atoms with Crippen LogP contribution in [0.3, 0.4) is 0 Å². The standard InChI is InChI=1S/C10H19N3O2/c1-7(2)5-10(4,14)6-11-9-12-8(3)13-15-9/h7,14H,5-6H2,1-4H3,(H,11,12,13). The molecule has 0 aliphatic carbocycles. The van der Waals surface area contributed by atoms with E-state index in [-0.39, 0.29) is 0 Å². The summed E-state index contributed by atoms with van der Waals surface area (Å²) >= 11 is 0. The third-order valence-electron chi connectivity index (χ3n) is 2.00. The second-order valence-corrected chi connectivity index (χ2v) is 4.60. The van der Waals surface area contributed by atoms with E-state index < -0.39 is 5.60 Å². The highest BCUT2D eigenvalue weighted by Crippen LogP contribution is 2.16. The average Bonchev–Trinajstić information content (AvgIpc) is 2.46. The normalized spacial score (nSPS) is 15.3. The van der Waals surface area contributed by atoms with Crippen LogP contribution in [0.4, 0.5) is 6.01 Å². The number of aromatic nitrogens is 2. The molecule has 5 nitrogen and oxygen atoms in total. The van der Waals surface area contributed by atoms with Gasteiger partial charge in [0, 0.05) is 6.54 Å². The summed E-state index contributed by atoms with van der Waals surface area (Å²) in [5, 5.41) is 16.6. The van der Waals surface area contributed by atoms with Crippen molar-refractivity contribution < 1.29 is 9.63 Å². The molecule has 1 rings (SSSR count). The molecule has 0 saturated heterocycles. The molecule has 1 aromatic heterocycles. The average molecular weight is 213 g/mol. The maximum absolute atomic E-state index is 10.0. The van der Waals surface area contributed by atoms with Crippen LogP contribution in [0, 0.1) is 12.8 Å². The Kier molecular flexibility index (Phi) is 3.68. The van der Waals surface area contributed by atoms with Crippen molar-refractivity contribution in [3.05, 3.63) is 5.82 Å². The second kappa shape index (κ2) is 4.61. The summed E-state index contributed by atoms with van der Waals surface area (Å²) in [4.78, 5) is 3.99. The number of rotatable bonds is 5. The zero-order valence-corrected chi connectivity index (χ0v) is 9.74. The van der Waals surface area contributed by atoms with Gasteiger partial charge in [-0.3, -0.25) is 0 Å². The highest BCUT2D eigenvalue weighted by molar-refractivity contribution is 5.18. The molecule has 0 radical (unpaired) electrons. The maximum atomic E-state index is 10.0. The molecule has 0 bridgehead atoms. The molecule has 0 aliphatic rings. The van der Waals surface area contributed by atoms with E-state index in [4.69, 9.17) is 4.52 Å². The number of nitrogens with one attached hydrogen (secondary N) is 1. The van der Waals surface area contributed by atoms with Gasteiger partial charge in [-0.25, -0.2) is 0 Å². The molecule has 86 valence electrons. The minimum Gasteiger partial charge on any atom is -0.388 e. The summed E-state index contributed by atoms with van der Waals surface area (Å²) in [5.41, 5.74) is -0.753. The van der Waals surface area contributed by atoms with Crippen LogP contribution in [0.1, 0.15) is 33.0 Å². The highest BCUT2D eigenvalue weighted by Gasteiger charge is 2.22. The van der Waals surface area contributed by atoms with E-state index in [1.54, 1.807) is 13.8 Å². The predicted molar refractivity (Wildman–Crippen MR) is 57.6 cm³/mol. The smallest absolute Gasteiger partial charge is 0.321 e. The van der Waals surface area contributed by atoms with Crippen LogP contribution in [0.2, 0.25) is 0 Å². The fraction of sp³-hybridized carbons (Fsp3) is 0.800. The maximum Gasteiger partial charge on any atom is 0.321 e. The van der Waals surface area contributed by atoms with E-state index in [1.165, 1.54) is 0 Å². The van der Waals surface area contributed by atoms with Gasteiger partial charge < -0.3 is 14.9 Å². The van der Waals surface area contributed by atoms with Gasteiger partial charge in [-0.15, -0.1) is 0 Å². The molecule has 15 heavy (non-hydrogen) atoms. The van der Waals surface area contributed by atoms with Crippen LogP contribution in [0.25, 0.3) is 0 Å². The Bertz CT molecular complexity index is 307. The molecule has 5 heteroatoms. The molecule has 1 unspecified atom stereocenters. The van der Waals surface area contributed by atoms with E-state index in [0.29, 0.717) is 24.3 Å². The lowest BCUT2D eigenvalue weighted by Crippen LogP contribution is -2.34. The van der Waals surface area contributed by atoms with Crippen molar-refractivity contribution in [2.24, 2.45) is 5.92 Å². The molecule has 0 saturated carbocycles. The van der Waals surface area contributed by atoms with Crippen molar-refractivity contribution in [3.8, 4) is 0 Å². The van der Waals surface area contributed by atoms with Gasteiger partial charge in [-0.1, -0.05) is 19.0 Å². The summed E-state index contributed by atoms with van der Waals surface area (Å²) in [7, 11) is 0. The fourth-order valence-electron chi connectivity index (χ4n) is 1.59. The van der Waals surface area contributed by atoms with Gasteiger partial charge in [0.25, 0.3) is 0 Å². The van der Waals surface area contributed by atoms with Crippen molar-refractivity contribution in [3.63, 3.8) is 0 Å². The van der Waals surface area contributed by atoms with Crippen molar-refractivity contribution in [2.75, 3.05) is 11.9 Å². The third kappa shape index (κ3) is 4.29. The Balaban J connectivity index is 2.42. The van der Waals surface area contributed by atoms with Gasteiger partial charge in [0.05, 0.1) is 5.60 Å². The van der Waals surface area contributed by atoms with E-state index >= 15 is 0 Å². The van der Waals surface area contributed by atoms with Crippen LogP contribution in [0.5, 0.6) is 0 Å². The lowest BCUT2D eigenvalue weighted by atomic mass is 9.94. The molecular formula is C10H19N3O2. The van der Waals surface area contributed by atoms with Crippen LogP contribution in [0.15, 0.2) is 4.52 Å². The van der Waals surface area contributed by atoms with E-state index in [1.807, 2.05) is 0 Å². The first-order chi connectivity index (χ1) is 6.89. The topological polar surface area (TPSA) is 71.2 Å². The summed E-state index contributed by atoms with van der Waals surface area (Å²) in [6.07, 6.45) is 0.729. The van der Waals surface area contributed by atoms with Crippen LogP contribution in [-0.2, 0) is 0 Å². The number of anilines is 1. The first kappa shape index (κ1) is 12.0. The third-order valence-corrected chi connectivity index (χ3v) is 2.00. The summed E-state index contributed by atoms with van der Waals surface area (Å²) < 4.78 is 4.88. The monoisotopic (exact) mass is 213 g/mol. The molecule has 0 spiro atoms. The van der Waals surface area contributed by atoms with Crippen molar-refractivity contribution in [1.29, 1.82) is 0 Å². The van der Waals surface area contributed by atoms with Gasteiger partial charge >= 0.3 is 6.01 Å². The van der Waals surface area contributed by atoms with E-state index in [2.05, 4.69) is 29.3 Å². The Morgan fingerprint density at radius 3 is 2.67 bits per heavy atom. The van der Waals surface area contributed by atoms with Gasteiger partial charge in [0.2, 0.25) is 0 Å². The zero-order valence-electron chi connectivity index (χ0n) is 9.74. The molecule has 2 N–H and O–H groups in total. The fourth-order valence-corrected chi connectivity index (χ4v) is 1.59. The minimum absolute atomic E-state index is 0.358. The molecule has 1 heterocycles. The summed E-state index contributed by atoms with van der Waals surface area (Å²) in [5.74, 6) is 1.03. The zero-order chi connectivity index (χ0) is 11.5. The Labute approximate surface area is 89.9 Å². The molecule has 1 atom stereocenters. The van der Waals surface area contributed by atoms with Crippen molar-refractivity contribution in [1.82, 2.24) is 10.1 Å². The molecule has 0 amide bonds. The lowest BCUT2D eigenvalue weighted by molar-refractivity contribution is 0.0509. The van der Waals surface area contributed by atoms with Crippen molar-refractivity contribution in [2.45, 2.75) is 39.7 Å². The Hall–Kier alpha value is -1.10. The summed E-state index contributed by atoms with van der Waals surface area (Å²) in [6, 6.07) is 0.358. The molecule has 0 aromatic carbocycles. The number of hydrogen-bond acceptors (Lipinski definition) is 5. The quantitative estimate of drug-likeness (QED) is 0.777. The number of hydrogen-bond donors (Lipinski definition) is 2. The molecular weight excluding hydrogens is 194 g/mol. The van der Waals surface area contributed by atoms with Crippen LogP contribution < -0.4 is 5.32 Å². The first-order valence-corrected chi connectivity index (χ1v) is 5.15. The molecule has 1 aromatic rings. The van der Waals surface area contributed by atoms with Crippen LogP contribution in [-0.4, -0.2) is 27.4 Å². The second-order valence-electron chi connectivity index (χ2n) is 4.60. The van der Waals surface area contributed by atoms with E-state index in [9.17, 15) is 5.11 Å². The Morgan fingerprint density at radius 1 is 1.53 bits per heavy atom. The number of aryl methyl sites for hydroxylation is 1. The minimum atomic E-state index is -0.753. The van der Waals surface area contributed by atoms with E-state index in [0.717, 1.165) is 6.42 Å². The van der Waals surface area contributed by atoms with Crippen LogP contribution >= 0.6 is 0 Å².